The highest BCUT2D eigenvalue weighted by Crippen LogP contribution is 2.23. The summed E-state index contributed by atoms with van der Waals surface area (Å²) in [6.07, 6.45) is 0. The van der Waals surface area contributed by atoms with Gasteiger partial charge in [-0.3, -0.25) is 4.99 Å². The molecule has 3 rings (SSSR count). The topological polar surface area (TPSA) is 33.6 Å². The van der Waals surface area contributed by atoms with Gasteiger partial charge in [0.2, 0.25) is 0 Å². The molecule has 1 aliphatic heterocycles. The Balaban J connectivity index is 1.71. The number of amidine groups is 1. The first-order valence-corrected chi connectivity index (χ1v) is 7.43. The molecule has 1 N–H and O–H groups in total. The summed E-state index contributed by atoms with van der Waals surface area (Å²) in [7, 11) is 0. The maximum Gasteiger partial charge on any atom is 0.128 e. The highest BCUT2D eigenvalue weighted by Gasteiger charge is 2.09. The maximum absolute atomic E-state index is 6.14. The maximum atomic E-state index is 6.14. The van der Waals surface area contributed by atoms with E-state index >= 15 is 0 Å². The van der Waals surface area contributed by atoms with Gasteiger partial charge in [-0.1, -0.05) is 41.4 Å². The van der Waals surface area contributed by atoms with E-state index in [9.17, 15) is 0 Å². The fraction of sp³-hybridized carbons (Fsp3) is 0.188. The van der Waals surface area contributed by atoms with Crippen LogP contribution >= 0.6 is 23.2 Å². The average molecular weight is 321 g/mol. The number of nitrogens with one attached hydrogen (secondary N) is 1. The smallest absolute Gasteiger partial charge is 0.128 e. The van der Waals surface area contributed by atoms with Crippen molar-refractivity contribution in [2.24, 2.45) is 4.99 Å². The third-order valence-corrected chi connectivity index (χ3v) is 3.78. The molecule has 21 heavy (non-hydrogen) atoms. The fourth-order valence-electron chi connectivity index (χ4n) is 2.12. The molecule has 0 bridgehead atoms. The van der Waals surface area contributed by atoms with Crippen molar-refractivity contribution in [1.29, 1.82) is 0 Å². The minimum Gasteiger partial charge on any atom is -0.489 e. The van der Waals surface area contributed by atoms with Gasteiger partial charge in [-0.05, 0) is 24.3 Å². The number of nitrogens with zero attached hydrogens (tertiary/aromatic N) is 1. The lowest BCUT2D eigenvalue weighted by atomic mass is 10.2. The van der Waals surface area contributed by atoms with E-state index in [1.165, 1.54) is 0 Å². The number of hydrogen-bond acceptors (Lipinski definition) is 3. The zero-order valence-electron chi connectivity index (χ0n) is 11.3. The molecule has 0 saturated heterocycles. The molecule has 0 amide bonds. The molecule has 3 nitrogen and oxygen atoms in total. The molecule has 0 spiro atoms. The second kappa shape index (κ2) is 6.37. The first kappa shape index (κ1) is 14.2. The van der Waals surface area contributed by atoms with Crippen molar-refractivity contribution in [2.45, 2.75) is 6.61 Å². The van der Waals surface area contributed by atoms with Gasteiger partial charge >= 0.3 is 0 Å². The Morgan fingerprint density at radius 2 is 2.05 bits per heavy atom. The highest BCUT2D eigenvalue weighted by molar-refractivity contribution is 6.35. The van der Waals surface area contributed by atoms with E-state index in [2.05, 4.69) is 10.3 Å². The van der Waals surface area contributed by atoms with Crippen LogP contribution in [0.5, 0.6) is 5.75 Å². The monoisotopic (exact) mass is 320 g/mol. The Labute approximate surface area is 133 Å². The van der Waals surface area contributed by atoms with Gasteiger partial charge in [-0.2, -0.15) is 0 Å². The van der Waals surface area contributed by atoms with E-state index in [-0.39, 0.29) is 0 Å². The number of aliphatic imine (C=N–C) groups is 1. The van der Waals surface area contributed by atoms with Crippen LogP contribution in [0, 0.1) is 0 Å². The fourth-order valence-corrected chi connectivity index (χ4v) is 2.59. The summed E-state index contributed by atoms with van der Waals surface area (Å²) in [4.78, 5) is 4.40. The molecule has 1 aliphatic rings. The zero-order chi connectivity index (χ0) is 14.7. The number of rotatable bonds is 4. The van der Waals surface area contributed by atoms with Crippen LogP contribution in [0.15, 0.2) is 47.5 Å². The van der Waals surface area contributed by atoms with Crippen LogP contribution in [0.25, 0.3) is 0 Å². The van der Waals surface area contributed by atoms with Crippen molar-refractivity contribution in [2.75, 3.05) is 13.1 Å². The molecule has 1 heterocycles. The van der Waals surface area contributed by atoms with Crippen molar-refractivity contribution in [1.82, 2.24) is 5.32 Å². The Morgan fingerprint density at radius 1 is 1.14 bits per heavy atom. The van der Waals surface area contributed by atoms with Crippen LogP contribution in [0.4, 0.5) is 0 Å². The number of benzene rings is 2. The van der Waals surface area contributed by atoms with Gasteiger partial charge in [0.25, 0.3) is 0 Å². The van der Waals surface area contributed by atoms with Crippen molar-refractivity contribution < 1.29 is 4.74 Å². The lowest BCUT2D eigenvalue weighted by Crippen LogP contribution is -2.19. The SMILES string of the molecule is Clc1ccc(COc2cccc(C3=NCCN3)c2)c(Cl)c1. The van der Waals surface area contributed by atoms with Crippen LogP contribution in [0.2, 0.25) is 10.0 Å². The van der Waals surface area contributed by atoms with E-state index in [1.54, 1.807) is 12.1 Å². The molecule has 0 saturated carbocycles. The lowest BCUT2D eigenvalue weighted by Gasteiger charge is -2.10. The molecule has 0 radical (unpaired) electrons. The van der Waals surface area contributed by atoms with E-state index in [0.29, 0.717) is 16.7 Å². The Hall–Kier alpha value is -1.71. The molecular formula is C16H14Cl2N2O. The average Bonchev–Trinajstić information content (AvgIpc) is 3.01. The summed E-state index contributed by atoms with van der Waals surface area (Å²) in [5.41, 5.74) is 1.94. The first-order chi connectivity index (χ1) is 10.2. The first-order valence-electron chi connectivity index (χ1n) is 6.68. The van der Waals surface area contributed by atoms with E-state index in [1.807, 2.05) is 30.3 Å². The minimum atomic E-state index is 0.402. The predicted molar refractivity (Wildman–Crippen MR) is 86.6 cm³/mol. The third-order valence-electron chi connectivity index (χ3n) is 3.19. The highest BCUT2D eigenvalue weighted by atomic mass is 35.5. The summed E-state index contributed by atoms with van der Waals surface area (Å²) in [6.45, 7) is 2.11. The second-order valence-electron chi connectivity index (χ2n) is 4.71. The number of halogens is 2. The largest absolute Gasteiger partial charge is 0.489 e. The van der Waals surface area contributed by atoms with Crippen molar-refractivity contribution >= 4 is 29.0 Å². The number of hydrogen-bond donors (Lipinski definition) is 1. The summed E-state index contributed by atoms with van der Waals surface area (Å²) in [5.74, 6) is 1.71. The zero-order valence-corrected chi connectivity index (χ0v) is 12.8. The van der Waals surface area contributed by atoms with Crippen molar-refractivity contribution in [3.05, 3.63) is 63.6 Å². The van der Waals surface area contributed by atoms with Crippen LogP contribution < -0.4 is 10.1 Å². The number of ether oxygens (including phenoxy) is 1. The summed E-state index contributed by atoms with van der Waals surface area (Å²) >= 11 is 12.0. The van der Waals surface area contributed by atoms with Crippen molar-refractivity contribution in [3.63, 3.8) is 0 Å². The van der Waals surface area contributed by atoms with Crippen molar-refractivity contribution in [3.8, 4) is 5.75 Å². The van der Waals surface area contributed by atoms with Gasteiger partial charge in [-0.15, -0.1) is 0 Å². The van der Waals surface area contributed by atoms with Crippen LogP contribution in [-0.4, -0.2) is 18.9 Å². The summed E-state index contributed by atoms with van der Waals surface area (Å²) in [6, 6.07) is 13.3. The molecule has 0 atom stereocenters. The summed E-state index contributed by atoms with van der Waals surface area (Å²) < 4.78 is 5.80. The summed E-state index contributed by atoms with van der Waals surface area (Å²) in [5, 5.41) is 4.48. The van der Waals surface area contributed by atoms with E-state index in [4.69, 9.17) is 27.9 Å². The standard InChI is InChI=1S/C16H14Cl2N2O/c17-13-5-4-12(15(18)9-13)10-21-14-3-1-2-11(8-14)16-19-6-7-20-16/h1-5,8-9H,6-7,10H2,(H,19,20). The third kappa shape index (κ3) is 3.49. The van der Waals surface area contributed by atoms with Crippen LogP contribution in [-0.2, 0) is 6.61 Å². The lowest BCUT2D eigenvalue weighted by molar-refractivity contribution is 0.306. The molecule has 0 unspecified atom stereocenters. The van der Waals surface area contributed by atoms with Gasteiger partial charge in [0.05, 0.1) is 6.54 Å². The van der Waals surface area contributed by atoms with E-state index in [0.717, 1.165) is 35.8 Å². The molecule has 5 heteroatoms. The van der Waals surface area contributed by atoms with E-state index < -0.39 is 0 Å². The second-order valence-corrected chi connectivity index (χ2v) is 5.55. The Kier molecular flexibility index (Phi) is 4.32. The molecule has 0 aliphatic carbocycles. The molecular weight excluding hydrogens is 307 g/mol. The van der Waals surface area contributed by atoms with Crippen LogP contribution in [0.1, 0.15) is 11.1 Å². The molecule has 2 aromatic carbocycles. The van der Waals surface area contributed by atoms with Gasteiger partial charge < -0.3 is 10.1 Å². The molecule has 108 valence electrons. The van der Waals surface area contributed by atoms with Gasteiger partial charge in [0.1, 0.15) is 18.2 Å². The van der Waals surface area contributed by atoms with Gasteiger partial charge in [-0.25, -0.2) is 0 Å². The minimum absolute atomic E-state index is 0.402. The Morgan fingerprint density at radius 3 is 2.81 bits per heavy atom. The quantitative estimate of drug-likeness (QED) is 0.926. The molecule has 0 aromatic heterocycles. The van der Waals surface area contributed by atoms with Crippen LogP contribution in [0.3, 0.4) is 0 Å². The molecule has 2 aromatic rings. The Bertz CT molecular complexity index is 686. The normalized spacial score (nSPS) is 13.7. The van der Waals surface area contributed by atoms with Gasteiger partial charge in [0.15, 0.2) is 0 Å². The van der Waals surface area contributed by atoms with Gasteiger partial charge in [0, 0.05) is 27.7 Å². The predicted octanol–water partition coefficient (Wildman–Crippen LogP) is 3.92. The molecule has 0 fully saturated rings.